The van der Waals surface area contributed by atoms with Gasteiger partial charge in [-0.25, -0.2) is 9.59 Å². The highest BCUT2D eigenvalue weighted by molar-refractivity contribution is 5.89. The molecule has 0 aliphatic rings. The zero-order valence-electron chi connectivity index (χ0n) is 14.5. The molecule has 7 nitrogen and oxygen atoms in total. The molecule has 0 spiro atoms. The zero-order chi connectivity index (χ0) is 17.5. The summed E-state index contributed by atoms with van der Waals surface area (Å²) < 4.78 is 10.0. The first-order valence-electron chi connectivity index (χ1n) is 7.44. The first-order valence-corrected chi connectivity index (χ1v) is 7.44. The van der Waals surface area contributed by atoms with E-state index in [9.17, 15) is 14.4 Å². The molecule has 0 bridgehead atoms. The van der Waals surface area contributed by atoms with Crippen LogP contribution in [0.25, 0.3) is 0 Å². The molecule has 0 saturated heterocycles. The van der Waals surface area contributed by atoms with E-state index in [1.165, 1.54) is 6.92 Å². The molecule has 2 atom stereocenters. The van der Waals surface area contributed by atoms with Gasteiger partial charge in [-0.2, -0.15) is 0 Å². The number of rotatable bonds is 6. The van der Waals surface area contributed by atoms with Crippen LogP contribution in [-0.2, 0) is 19.1 Å². The Balaban J connectivity index is 4.61. The van der Waals surface area contributed by atoms with Crippen molar-refractivity contribution in [3.05, 3.63) is 0 Å². The molecule has 2 amide bonds. The van der Waals surface area contributed by atoms with Crippen LogP contribution in [0.1, 0.15) is 48.5 Å². The van der Waals surface area contributed by atoms with Crippen molar-refractivity contribution in [2.75, 3.05) is 6.61 Å². The van der Waals surface area contributed by atoms with E-state index in [4.69, 9.17) is 9.47 Å². The topological polar surface area (TPSA) is 93.7 Å². The second kappa shape index (κ2) is 8.60. The Morgan fingerprint density at radius 1 is 1.05 bits per heavy atom. The van der Waals surface area contributed by atoms with Gasteiger partial charge in [-0.1, -0.05) is 13.8 Å². The fraction of sp³-hybridized carbons (Fsp3) is 0.800. The molecule has 0 unspecified atom stereocenters. The second-order valence-electron chi connectivity index (χ2n) is 6.35. The third-order valence-corrected chi connectivity index (χ3v) is 2.63. The molecular formula is C15H28N2O5. The van der Waals surface area contributed by atoms with Crippen LogP contribution in [0.2, 0.25) is 0 Å². The van der Waals surface area contributed by atoms with E-state index in [-0.39, 0.29) is 12.5 Å². The number of amides is 2. The molecule has 0 rings (SSSR count). The van der Waals surface area contributed by atoms with Crippen molar-refractivity contribution in [3.8, 4) is 0 Å². The van der Waals surface area contributed by atoms with Crippen molar-refractivity contribution in [1.29, 1.82) is 0 Å². The molecule has 128 valence electrons. The van der Waals surface area contributed by atoms with Crippen LogP contribution in [0.15, 0.2) is 0 Å². The van der Waals surface area contributed by atoms with Gasteiger partial charge in [0.2, 0.25) is 5.91 Å². The molecular weight excluding hydrogens is 288 g/mol. The smallest absolute Gasteiger partial charge is 0.408 e. The summed E-state index contributed by atoms with van der Waals surface area (Å²) in [6.07, 6.45) is -0.688. The molecule has 0 aromatic carbocycles. The van der Waals surface area contributed by atoms with Crippen molar-refractivity contribution in [3.63, 3.8) is 0 Å². The van der Waals surface area contributed by atoms with Crippen LogP contribution in [0.5, 0.6) is 0 Å². The van der Waals surface area contributed by atoms with Crippen LogP contribution in [-0.4, -0.2) is 42.3 Å². The number of carbonyl (C=O) groups excluding carboxylic acids is 3. The summed E-state index contributed by atoms with van der Waals surface area (Å²) in [5, 5.41) is 5.01. The van der Waals surface area contributed by atoms with Gasteiger partial charge in [-0.15, -0.1) is 0 Å². The van der Waals surface area contributed by atoms with Gasteiger partial charge in [-0.05, 0) is 40.5 Å². The van der Waals surface area contributed by atoms with Gasteiger partial charge in [0, 0.05) is 0 Å². The molecule has 7 heteroatoms. The molecule has 2 N–H and O–H groups in total. The van der Waals surface area contributed by atoms with E-state index in [1.807, 2.05) is 0 Å². The Hall–Kier alpha value is -1.79. The van der Waals surface area contributed by atoms with E-state index in [0.717, 1.165) is 0 Å². The van der Waals surface area contributed by atoms with E-state index >= 15 is 0 Å². The highest BCUT2D eigenvalue weighted by Gasteiger charge is 2.28. The number of hydrogen-bond acceptors (Lipinski definition) is 5. The summed E-state index contributed by atoms with van der Waals surface area (Å²) in [6.45, 7) is 12.2. The van der Waals surface area contributed by atoms with Crippen molar-refractivity contribution >= 4 is 18.0 Å². The van der Waals surface area contributed by atoms with Gasteiger partial charge in [0.15, 0.2) is 0 Å². The summed E-state index contributed by atoms with van der Waals surface area (Å²) in [5.74, 6) is -1.09. The minimum absolute atomic E-state index is 0.128. The standard InChI is InChI=1S/C15H28N2O5/c1-8-21-13(19)11(9(2)3)17-12(18)10(4)16-14(20)22-15(5,6)7/h9-11H,8H2,1-7H3,(H,16,20)(H,17,18)/t10-,11-/m0/s1. The zero-order valence-corrected chi connectivity index (χ0v) is 14.5. The highest BCUT2D eigenvalue weighted by Crippen LogP contribution is 2.07. The lowest BCUT2D eigenvalue weighted by molar-refractivity contribution is -0.148. The minimum Gasteiger partial charge on any atom is -0.464 e. The van der Waals surface area contributed by atoms with Crippen molar-refractivity contribution in [2.24, 2.45) is 5.92 Å². The maximum Gasteiger partial charge on any atom is 0.408 e. The van der Waals surface area contributed by atoms with Crippen LogP contribution in [0, 0.1) is 5.92 Å². The van der Waals surface area contributed by atoms with E-state index < -0.39 is 35.7 Å². The molecule has 0 saturated carbocycles. The lowest BCUT2D eigenvalue weighted by Gasteiger charge is -2.24. The minimum atomic E-state index is -0.828. The molecule has 0 aromatic rings. The van der Waals surface area contributed by atoms with E-state index in [0.29, 0.717) is 0 Å². The van der Waals surface area contributed by atoms with Crippen LogP contribution < -0.4 is 10.6 Å². The molecule has 0 aliphatic carbocycles. The largest absolute Gasteiger partial charge is 0.464 e. The summed E-state index contributed by atoms with van der Waals surface area (Å²) in [5.41, 5.74) is -0.647. The molecule has 0 heterocycles. The predicted octanol–water partition coefficient (Wildman–Crippen LogP) is 1.60. The quantitative estimate of drug-likeness (QED) is 0.726. The van der Waals surface area contributed by atoms with Gasteiger partial charge in [0.05, 0.1) is 6.61 Å². The molecule has 0 radical (unpaired) electrons. The monoisotopic (exact) mass is 316 g/mol. The normalized spacial score (nSPS) is 14.0. The summed E-state index contributed by atoms with van der Waals surface area (Å²) in [7, 11) is 0. The number of nitrogens with one attached hydrogen (secondary N) is 2. The number of esters is 1. The lowest BCUT2D eigenvalue weighted by Crippen LogP contribution is -2.53. The third-order valence-electron chi connectivity index (χ3n) is 2.63. The van der Waals surface area contributed by atoms with E-state index in [2.05, 4.69) is 10.6 Å². The van der Waals surface area contributed by atoms with Crippen LogP contribution in [0.3, 0.4) is 0 Å². The van der Waals surface area contributed by atoms with Crippen LogP contribution >= 0.6 is 0 Å². The maximum atomic E-state index is 12.1. The SMILES string of the molecule is CCOC(=O)[C@@H](NC(=O)[C@H](C)NC(=O)OC(C)(C)C)C(C)C. The maximum absolute atomic E-state index is 12.1. The predicted molar refractivity (Wildman–Crippen MR) is 82.2 cm³/mol. The molecule has 0 aliphatic heterocycles. The van der Waals surface area contributed by atoms with Crippen LogP contribution in [0.4, 0.5) is 4.79 Å². The molecule has 0 fully saturated rings. The number of ether oxygens (including phenoxy) is 2. The average molecular weight is 316 g/mol. The Bertz CT molecular complexity index is 401. The fourth-order valence-electron chi connectivity index (χ4n) is 1.56. The average Bonchev–Trinajstić information content (AvgIpc) is 2.32. The van der Waals surface area contributed by atoms with Gasteiger partial charge in [-0.3, -0.25) is 4.79 Å². The van der Waals surface area contributed by atoms with Crippen molar-refractivity contribution in [1.82, 2.24) is 10.6 Å². The first-order chi connectivity index (χ1) is 9.97. The summed E-state index contributed by atoms with van der Waals surface area (Å²) in [6, 6.07) is -1.58. The highest BCUT2D eigenvalue weighted by atomic mass is 16.6. The number of carbonyl (C=O) groups is 3. The number of hydrogen-bond donors (Lipinski definition) is 2. The Kier molecular flexibility index (Phi) is 7.90. The van der Waals surface area contributed by atoms with Crippen molar-refractivity contribution < 1.29 is 23.9 Å². The summed E-state index contributed by atoms with van der Waals surface area (Å²) >= 11 is 0. The van der Waals surface area contributed by atoms with Gasteiger partial charge >= 0.3 is 12.1 Å². The third kappa shape index (κ3) is 7.85. The second-order valence-corrected chi connectivity index (χ2v) is 6.35. The van der Waals surface area contributed by atoms with Gasteiger partial charge in [0.1, 0.15) is 17.7 Å². The van der Waals surface area contributed by atoms with Gasteiger partial charge in [0.25, 0.3) is 0 Å². The first kappa shape index (κ1) is 20.2. The lowest BCUT2D eigenvalue weighted by atomic mass is 10.0. The van der Waals surface area contributed by atoms with Crippen molar-refractivity contribution in [2.45, 2.75) is 66.2 Å². The Morgan fingerprint density at radius 3 is 2.00 bits per heavy atom. The molecule has 0 aromatic heterocycles. The van der Waals surface area contributed by atoms with E-state index in [1.54, 1.807) is 41.5 Å². The summed E-state index contributed by atoms with van der Waals surface area (Å²) in [4.78, 5) is 35.5. The molecule has 22 heavy (non-hydrogen) atoms. The fourth-order valence-corrected chi connectivity index (χ4v) is 1.56. The number of alkyl carbamates (subject to hydrolysis) is 1. The van der Waals surface area contributed by atoms with Gasteiger partial charge < -0.3 is 20.1 Å². The Morgan fingerprint density at radius 2 is 1.59 bits per heavy atom. The Labute approximate surface area is 132 Å².